The predicted octanol–water partition coefficient (Wildman–Crippen LogP) is 3.15. The monoisotopic (exact) mass is 338 g/mol. The van der Waals surface area contributed by atoms with Gasteiger partial charge < -0.3 is 15.4 Å². The molecule has 25 heavy (non-hydrogen) atoms. The molecular formula is C20H22N2O3. The minimum absolute atomic E-state index is 0.0637. The highest BCUT2D eigenvalue weighted by Crippen LogP contribution is 2.40. The van der Waals surface area contributed by atoms with Crippen LogP contribution >= 0.6 is 0 Å². The number of anilines is 1. The van der Waals surface area contributed by atoms with Crippen molar-refractivity contribution < 1.29 is 14.3 Å². The average Bonchev–Trinajstić information content (AvgIpc) is 3.44. The van der Waals surface area contributed by atoms with E-state index in [1.165, 1.54) is 0 Å². The molecule has 0 bridgehead atoms. The van der Waals surface area contributed by atoms with Gasteiger partial charge in [-0.05, 0) is 43.2 Å². The number of hydrogen-bond donors (Lipinski definition) is 2. The molecule has 1 aliphatic carbocycles. The Bertz CT molecular complexity index is 743. The molecule has 3 atom stereocenters. The third-order valence-electron chi connectivity index (χ3n) is 4.48. The minimum atomic E-state index is -0.259. The summed E-state index contributed by atoms with van der Waals surface area (Å²) in [6, 6.07) is 16.9. The number of ether oxygens (including phenoxy) is 1. The van der Waals surface area contributed by atoms with E-state index in [-0.39, 0.29) is 29.7 Å². The fourth-order valence-corrected chi connectivity index (χ4v) is 2.83. The summed E-state index contributed by atoms with van der Waals surface area (Å²) in [5.41, 5.74) is 1.75. The molecule has 5 heteroatoms. The normalized spacial score (nSPS) is 19.6. The molecule has 1 fully saturated rings. The maximum atomic E-state index is 12.3. The zero-order valence-electron chi connectivity index (χ0n) is 14.4. The fraction of sp³-hybridized carbons (Fsp3) is 0.300. The summed E-state index contributed by atoms with van der Waals surface area (Å²) in [5, 5.41) is 5.84. The zero-order valence-corrected chi connectivity index (χ0v) is 14.4. The van der Waals surface area contributed by atoms with Crippen molar-refractivity contribution in [1.29, 1.82) is 0 Å². The second kappa shape index (κ2) is 7.38. The van der Waals surface area contributed by atoms with Crippen molar-refractivity contribution in [1.82, 2.24) is 5.32 Å². The molecule has 0 saturated heterocycles. The van der Waals surface area contributed by atoms with Crippen LogP contribution < -0.4 is 15.4 Å². The van der Waals surface area contributed by atoms with Crippen LogP contribution in [0, 0.1) is 11.8 Å². The maximum Gasteiger partial charge on any atom is 0.228 e. The molecule has 1 saturated carbocycles. The van der Waals surface area contributed by atoms with Crippen LogP contribution in [-0.2, 0) is 9.59 Å². The van der Waals surface area contributed by atoms with E-state index in [2.05, 4.69) is 10.6 Å². The van der Waals surface area contributed by atoms with E-state index in [1.807, 2.05) is 37.3 Å². The summed E-state index contributed by atoms with van der Waals surface area (Å²) in [6.45, 7) is 1.95. The van der Waals surface area contributed by atoms with E-state index in [1.54, 1.807) is 31.4 Å². The van der Waals surface area contributed by atoms with Crippen molar-refractivity contribution in [2.24, 2.45) is 11.8 Å². The maximum absolute atomic E-state index is 12.3. The Kier molecular flexibility index (Phi) is 5.03. The number of amides is 2. The van der Waals surface area contributed by atoms with Gasteiger partial charge in [-0.1, -0.05) is 30.3 Å². The van der Waals surface area contributed by atoms with Gasteiger partial charge in [0, 0.05) is 5.69 Å². The lowest BCUT2D eigenvalue weighted by atomic mass is 10.1. The molecule has 0 radical (unpaired) electrons. The first-order chi connectivity index (χ1) is 12.1. The van der Waals surface area contributed by atoms with E-state index >= 15 is 0 Å². The Labute approximate surface area is 147 Å². The molecule has 0 spiro atoms. The van der Waals surface area contributed by atoms with Crippen LogP contribution in [0.1, 0.15) is 24.9 Å². The SMILES string of the molecule is COc1ccc(NC(=O)C2CC2C(=O)NC(C)c2ccccc2)cc1. The van der Waals surface area contributed by atoms with E-state index in [0.29, 0.717) is 12.1 Å². The second-order valence-electron chi connectivity index (χ2n) is 6.31. The number of carbonyl (C=O) groups excluding carboxylic acids is 2. The predicted molar refractivity (Wildman–Crippen MR) is 96.2 cm³/mol. The standard InChI is InChI=1S/C20H22N2O3/c1-13(14-6-4-3-5-7-14)21-19(23)17-12-18(17)20(24)22-15-8-10-16(25-2)11-9-15/h3-11,13,17-18H,12H2,1-2H3,(H,21,23)(H,22,24). The quantitative estimate of drug-likeness (QED) is 0.850. The van der Waals surface area contributed by atoms with Crippen LogP contribution in [-0.4, -0.2) is 18.9 Å². The fourth-order valence-electron chi connectivity index (χ4n) is 2.83. The molecule has 2 aromatic carbocycles. The molecule has 0 heterocycles. The molecule has 1 aliphatic rings. The van der Waals surface area contributed by atoms with Crippen LogP contribution in [0.25, 0.3) is 0 Å². The Balaban J connectivity index is 1.51. The van der Waals surface area contributed by atoms with Gasteiger partial charge in [-0.25, -0.2) is 0 Å². The number of carbonyl (C=O) groups is 2. The van der Waals surface area contributed by atoms with Crippen molar-refractivity contribution >= 4 is 17.5 Å². The van der Waals surface area contributed by atoms with Gasteiger partial charge in [-0.2, -0.15) is 0 Å². The molecule has 2 aromatic rings. The zero-order chi connectivity index (χ0) is 17.8. The van der Waals surface area contributed by atoms with E-state index in [9.17, 15) is 9.59 Å². The summed E-state index contributed by atoms with van der Waals surface area (Å²) in [6.07, 6.45) is 0.593. The van der Waals surface area contributed by atoms with Gasteiger partial charge in [0.1, 0.15) is 5.75 Å². The molecule has 3 unspecified atom stereocenters. The van der Waals surface area contributed by atoms with Crippen LogP contribution in [0.3, 0.4) is 0 Å². The third-order valence-corrected chi connectivity index (χ3v) is 4.48. The van der Waals surface area contributed by atoms with Crippen molar-refractivity contribution in [3.8, 4) is 5.75 Å². The third kappa shape index (κ3) is 4.18. The van der Waals surface area contributed by atoms with E-state index in [0.717, 1.165) is 11.3 Å². The van der Waals surface area contributed by atoms with Crippen molar-refractivity contribution in [2.45, 2.75) is 19.4 Å². The summed E-state index contributed by atoms with van der Waals surface area (Å²) < 4.78 is 5.09. The van der Waals surface area contributed by atoms with Crippen LogP contribution in [0.2, 0.25) is 0 Å². The summed E-state index contributed by atoms with van der Waals surface area (Å²) >= 11 is 0. The number of nitrogens with one attached hydrogen (secondary N) is 2. The highest BCUT2D eigenvalue weighted by molar-refractivity contribution is 5.99. The van der Waals surface area contributed by atoms with Crippen LogP contribution in [0.4, 0.5) is 5.69 Å². The summed E-state index contributed by atoms with van der Waals surface area (Å²) in [5.74, 6) is 0.0509. The van der Waals surface area contributed by atoms with Gasteiger partial charge in [0.05, 0.1) is 25.0 Å². The van der Waals surface area contributed by atoms with Crippen molar-refractivity contribution in [3.63, 3.8) is 0 Å². The number of hydrogen-bond acceptors (Lipinski definition) is 3. The molecule has 130 valence electrons. The largest absolute Gasteiger partial charge is 0.497 e. The van der Waals surface area contributed by atoms with Gasteiger partial charge >= 0.3 is 0 Å². The average molecular weight is 338 g/mol. The molecule has 5 nitrogen and oxygen atoms in total. The summed E-state index contributed by atoms with van der Waals surface area (Å²) in [4.78, 5) is 24.6. The van der Waals surface area contributed by atoms with E-state index in [4.69, 9.17) is 4.74 Å². The Hall–Kier alpha value is -2.82. The lowest BCUT2D eigenvalue weighted by Gasteiger charge is -2.14. The number of benzene rings is 2. The smallest absolute Gasteiger partial charge is 0.228 e. The molecule has 2 N–H and O–H groups in total. The highest BCUT2D eigenvalue weighted by atomic mass is 16.5. The lowest BCUT2D eigenvalue weighted by Crippen LogP contribution is -2.29. The number of methoxy groups -OCH3 is 1. The first-order valence-corrected chi connectivity index (χ1v) is 8.38. The van der Waals surface area contributed by atoms with Crippen LogP contribution in [0.5, 0.6) is 5.75 Å². The van der Waals surface area contributed by atoms with Gasteiger partial charge in [0.25, 0.3) is 0 Å². The molecule has 0 aliphatic heterocycles. The van der Waals surface area contributed by atoms with Gasteiger partial charge in [-0.3, -0.25) is 9.59 Å². The second-order valence-corrected chi connectivity index (χ2v) is 6.31. The molecule has 2 amide bonds. The van der Waals surface area contributed by atoms with E-state index < -0.39 is 0 Å². The number of rotatable bonds is 6. The Morgan fingerprint density at radius 1 is 1.00 bits per heavy atom. The Morgan fingerprint density at radius 3 is 2.28 bits per heavy atom. The van der Waals surface area contributed by atoms with Gasteiger partial charge in [0.2, 0.25) is 11.8 Å². The van der Waals surface area contributed by atoms with Crippen LogP contribution in [0.15, 0.2) is 54.6 Å². The first kappa shape index (κ1) is 17.0. The van der Waals surface area contributed by atoms with Crippen molar-refractivity contribution in [2.75, 3.05) is 12.4 Å². The van der Waals surface area contributed by atoms with Gasteiger partial charge in [0.15, 0.2) is 0 Å². The topological polar surface area (TPSA) is 67.4 Å². The van der Waals surface area contributed by atoms with Crippen molar-refractivity contribution in [3.05, 3.63) is 60.2 Å². The first-order valence-electron chi connectivity index (χ1n) is 8.38. The molecular weight excluding hydrogens is 316 g/mol. The Morgan fingerprint density at radius 2 is 1.64 bits per heavy atom. The van der Waals surface area contributed by atoms with Gasteiger partial charge in [-0.15, -0.1) is 0 Å². The lowest BCUT2D eigenvalue weighted by molar-refractivity contribution is -0.125. The molecule has 3 rings (SSSR count). The summed E-state index contributed by atoms with van der Waals surface area (Å²) in [7, 11) is 1.59. The minimum Gasteiger partial charge on any atom is -0.497 e. The highest BCUT2D eigenvalue weighted by Gasteiger charge is 2.48. The molecule has 0 aromatic heterocycles.